The third-order valence-electron chi connectivity index (χ3n) is 1.82. The van der Waals surface area contributed by atoms with E-state index in [9.17, 15) is 4.79 Å². The number of nitrogens with zero attached hydrogens (tertiary/aromatic N) is 1. The predicted molar refractivity (Wildman–Crippen MR) is 54.9 cm³/mol. The highest BCUT2D eigenvalue weighted by atomic mass is 16.5. The lowest BCUT2D eigenvalue weighted by molar-refractivity contribution is -0.124. The van der Waals surface area contributed by atoms with Crippen LogP contribution < -0.4 is 5.32 Å². The van der Waals surface area contributed by atoms with Gasteiger partial charge in [-0.2, -0.15) is 5.26 Å². The Bertz CT molecular complexity index is 382. The molecule has 15 heavy (non-hydrogen) atoms. The van der Waals surface area contributed by atoms with Crippen LogP contribution in [0, 0.1) is 11.3 Å². The maximum absolute atomic E-state index is 11.1. The number of amides is 1. The van der Waals surface area contributed by atoms with E-state index in [2.05, 4.69) is 10.1 Å². The van der Waals surface area contributed by atoms with Gasteiger partial charge in [0.1, 0.15) is 6.61 Å². The molecular formula is C11H12N2O2. The SMILES string of the molecule is COCC(=O)NCc1cccc(C#N)c1. The van der Waals surface area contributed by atoms with Crippen LogP contribution in [0.4, 0.5) is 0 Å². The first kappa shape index (κ1) is 11.2. The van der Waals surface area contributed by atoms with Gasteiger partial charge in [0.25, 0.3) is 0 Å². The van der Waals surface area contributed by atoms with Crippen LogP contribution in [0.5, 0.6) is 0 Å². The van der Waals surface area contributed by atoms with Crippen LogP contribution in [-0.4, -0.2) is 19.6 Å². The van der Waals surface area contributed by atoms with E-state index in [1.54, 1.807) is 18.2 Å². The van der Waals surface area contributed by atoms with Crippen molar-refractivity contribution in [3.05, 3.63) is 35.4 Å². The van der Waals surface area contributed by atoms with Crippen molar-refractivity contribution in [3.8, 4) is 6.07 Å². The molecule has 4 heteroatoms. The summed E-state index contributed by atoms with van der Waals surface area (Å²) in [6.07, 6.45) is 0. The molecule has 0 spiro atoms. The zero-order valence-electron chi connectivity index (χ0n) is 8.49. The van der Waals surface area contributed by atoms with Gasteiger partial charge in [-0.1, -0.05) is 12.1 Å². The van der Waals surface area contributed by atoms with Crippen LogP contribution in [0.15, 0.2) is 24.3 Å². The van der Waals surface area contributed by atoms with Crippen molar-refractivity contribution in [2.45, 2.75) is 6.54 Å². The normalized spacial score (nSPS) is 9.33. The molecule has 0 bridgehead atoms. The van der Waals surface area contributed by atoms with E-state index in [1.807, 2.05) is 12.1 Å². The van der Waals surface area contributed by atoms with Crippen molar-refractivity contribution in [1.29, 1.82) is 5.26 Å². The summed E-state index contributed by atoms with van der Waals surface area (Å²) in [7, 11) is 1.47. The van der Waals surface area contributed by atoms with Crippen LogP contribution in [0.3, 0.4) is 0 Å². The third-order valence-corrected chi connectivity index (χ3v) is 1.82. The van der Waals surface area contributed by atoms with E-state index in [0.717, 1.165) is 5.56 Å². The van der Waals surface area contributed by atoms with Crippen molar-refractivity contribution in [2.75, 3.05) is 13.7 Å². The molecule has 0 aromatic heterocycles. The van der Waals surface area contributed by atoms with Crippen molar-refractivity contribution in [3.63, 3.8) is 0 Å². The number of nitriles is 1. The Morgan fingerprint density at radius 2 is 2.40 bits per heavy atom. The number of hydrogen-bond acceptors (Lipinski definition) is 3. The monoisotopic (exact) mass is 204 g/mol. The van der Waals surface area contributed by atoms with E-state index < -0.39 is 0 Å². The summed E-state index contributed by atoms with van der Waals surface area (Å²) >= 11 is 0. The Labute approximate surface area is 88.5 Å². The zero-order chi connectivity index (χ0) is 11.1. The smallest absolute Gasteiger partial charge is 0.246 e. The number of benzene rings is 1. The van der Waals surface area contributed by atoms with Gasteiger partial charge in [0, 0.05) is 13.7 Å². The fraction of sp³-hybridized carbons (Fsp3) is 0.273. The summed E-state index contributed by atoms with van der Waals surface area (Å²) in [5.74, 6) is -0.167. The molecule has 1 aromatic carbocycles. The molecule has 0 heterocycles. The molecule has 0 unspecified atom stereocenters. The highest BCUT2D eigenvalue weighted by Gasteiger charge is 2.00. The molecule has 1 rings (SSSR count). The summed E-state index contributed by atoms with van der Waals surface area (Å²) in [5.41, 5.74) is 1.49. The second-order valence-electron chi connectivity index (χ2n) is 3.02. The molecule has 0 radical (unpaired) electrons. The Morgan fingerprint density at radius 3 is 3.07 bits per heavy atom. The molecular weight excluding hydrogens is 192 g/mol. The first-order valence-corrected chi connectivity index (χ1v) is 4.51. The van der Waals surface area contributed by atoms with Crippen LogP contribution in [0.25, 0.3) is 0 Å². The number of rotatable bonds is 4. The highest BCUT2D eigenvalue weighted by molar-refractivity contribution is 5.77. The van der Waals surface area contributed by atoms with Gasteiger partial charge in [-0.3, -0.25) is 4.79 Å². The topological polar surface area (TPSA) is 62.1 Å². The molecule has 0 saturated heterocycles. The minimum absolute atomic E-state index is 0.0535. The molecule has 78 valence electrons. The van der Waals surface area contributed by atoms with E-state index in [1.165, 1.54) is 7.11 Å². The molecule has 1 N–H and O–H groups in total. The number of hydrogen-bond donors (Lipinski definition) is 1. The second-order valence-corrected chi connectivity index (χ2v) is 3.02. The average Bonchev–Trinajstić information content (AvgIpc) is 2.27. The van der Waals surface area contributed by atoms with Gasteiger partial charge in [0.05, 0.1) is 11.6 Å². The van der Waals surface area contributed by atoms with Gasteiger partial charge in [0.15, 0.2) is 0 Å². The first-order valence-electron chi connectivity index (χ1n) is 4.51. The van der Waals surface area contributed by atoms with Crippen LogP contribution in [0.2, 0.25) is 0 Å². The Kier molecular flexibility index (Phi) is 4.32. The minimum Gasteiger partial charge on any atom is -0.375 e. The fourth-order valence-electron chi connectivity index (χ4n) is 1.13. The molecule has 0 saturated carbocycles. The molecule has 0 aliphatic rings. The van der Waals surface area contributed by atoms with E-state index >= 15 is 0 Å². The van der Waals surface area contributed by atoms with Crippen LogP contribution in [-0.2, 0) is 16.1 Å². The molecule has 0 aliphatic heterocycles. The first-order chi connectivity index (χ1) is 7.26. The Morgan fingerprint density at radius 1 is 1.60 bits per heavy atom. The third kappa shape index (κ3) is 3.79. The molecule has 0 aliphatic carbocycles. The summed E-state index contributed by atoms with van der Waals surface area (Å²) in [5, 5.41) is 11.3. The number of carbonyl (C=O) groups excluding carboxylic acids is 1. The highest BCUT2D eigenvalue weighted by Crippen LogP contribution is 2.03. The van der Waals surface area contributed by atoms with E-state index in [-0.39, 0.29) is 12.5 Å². The molecule has 1 amide bonds. The summed E-state index contributed by atoms with van der Waals surface area (Å²) in [6.45, 7) is 0.468. The molecule has 0 atom stereocenters. The Hall–Kier alpha value is -1.86. The van der Waals surface area contributed by atoms with Gasteiger partial charge in [-0.05, 0) is 17.7 Å². The maximum Gasteiger partial charge on any atom is 0.246 e. The van der Waals surface area contributed by atoms with Gasteiger partial charge >= 0.3 is 0 Å². The van der Waals surface area contributed by atoms with Crippen molar-refractivity contribution < 1.29 is 9.53 Å². The summed E-state index contributed by atoms with van der Waals surface area (Å²) in [4.78, 5) is 11.1. The molecule has 0 fully saturated rings. The number of methoxy groups -OCH3 is 1. The summed E-state index contributed by atoms with van der Waals surface area (Å²) in [6, 6.07) is 9.15. The Balaban J connectivity index is 2.51. The fourth-order valence-corrected chi connectivity index (χ4v) is 1.13. The zero-order valence-corrected chi connectivity index (χ0v) is 8.49. The lowest BCUT2D eigenvalue weighted by Crippen LogP contribution is -2.26. The van der Waals surface area contributed by atoms with Crippen molar-refractivity contribution in [2.24, 2.45) is 0 Å². The largest absolute Gasteiger partial charge is 0.375 e. The number of carbonyl (C=O) groups is 1. The van der Waals surface area contributed by atoms with Gasteiger partial charge in [-0.15, -0.1) is 0 Å². The van der Waals surface area contributed by atoms with Crippen molar-refractivity contribution in [1.82, 2.24) is 5.32 Å². The quantitative estimate of drug-likeness (QED) is 0.789. The number of ether oxygens (including phenoxy) is 1. The van der Waals surface area contributed by atoms with Crippen molar-refractivity contribution >= 4 is 5.91 Å². The summed E-state index contributed by atoms with van der Waals surface area (Å²) < 4.78 is 4.67. The predicted octanol–water partition coefficient (Wildman–Crippen LogP) is 0.821. The maximum atomic E-state index is 11.1. The number of nitrogens with one attached hydrogen (secondary N) is 1. The van der Waals surface area contributed by atoms with Gasteiger partial charge < -0.3 is 10.1 Å². The second kappa shape index (κ2) is 5.78. The lowest BCUT2D eigenvalue weighted by Gasteiger charge is -2.04. The molecule has 1 aromatic rings. The van der Waals surface area contributed by atoms with Gasteiger partial charge in [0.2, 0.25) is 5.91 Å². The van der Waals surface area contributed by atoms with Crippen LogP contribution in [0.1, 0.15) is 11.1 Å². The van der Waals surface area contributed by atoms with E-state index in [0.29, 0.717) is 12.1 Å². The lowest BCUT2D eigenvalue weighted by atomic mass is 10.1. The minimum atomic E-state index is -0.167. The van der Waals surface area contributed by atoms with E-state index in [4.69, 9.17) is 5.26 Å². The molecule has 4 nitrogen and oxygen atoms in total. The standard InChI is InChI=1S/C11H12N2O2/c1-15-8-11(14)13-7-10-4-2-3-9(5-10)6-12/h2-5H,7-8H2,1H3,(H,13,14). The van der Waals surface area contributed by atoms with Gasteiger partial charge in [-0.25, -0.2) is 0 Å². The van der Waals surface area contributed by atoms with Crippen LogP contribution >= 0.6 is 0 Å². The average molecular weight is 204 g/mol.